The summed E-state index contributed by atoms with van der Waals surface area (Å²) < 4.78 is 16.4. The van der Waals surface area contributed by atoms with E-state index in [9.17, 15) is 14.4 Å². The van der Waals surface area contributed by atoms with Crippen LogP contribution in [0.3, 0.4) is 0 Å². The van der Waals surface area contributed by atoms with Crippen LogP contribution >= 0.6 is 0 Å². The fourth-order valence-corrected chi connectivity index (χ4v) is 5.40. The zero-order valence-corrected chi connectivity index (χ0v) is 26.6. The summed E-state index contributed by atoms with van der Waals surface area (Å²) >= 11 is 0. The van der Waals surface area contributed by atoms with Crippen molar-refractivity contribution in [2.75, 3.05) is 11.1 Å². The summed E-state index contributed by atoms with van der Waals surface area (Å²) in [6, 6.07) is 18.4. The zero-order chi connectivity index (χ0) is 34.2. The standard InChI is InChI=1S/C35H29N9O5/c1-20(2)43-18-26(34(46)44(35(43)47)27-9-4-5-14-37-27)31(45)41-24-10-12-25(13-11-24)48-32-29-28(21-7-6-8-23(36)15-21)30(22-16-40-42(3)17-22)49-33(29)39-19-38-32/h4-20H,36H2,1-3H3,(H,41,45). The molecule has 3 N–H and O–H groups in total. The molecular weight excluding hydrogens is 626 g/mol. The van der Waals surface area contributed by atoms with Crippen LogP contribution in [0.5, 0.6) is 11.6 Å². The van der Waals surface area contributed by atoms with Crippen LogP contribution in [0.2, 0.25) is 0 Å². The van der Waals surface area contributed by atoms with Crippen molar-refractivity contribution in [2.24, 2.45) is 7.05 Å². The van der Waals surface area contributed by atoms with E-state index in [0.29, 0.717) is 39.5 Å². The van der Waals surface area contributed by atoms with Gasteiger partial charge in [0, 0.05) is 48.6 Å². The van der Waals surface area contributed by atoms with Crippen LogP contribution in [0.4, 0.5) is 11.4 Å². The van der Waals surface area contributed by atoms with Crippen molar-refractivity contribution >= 4 is 28.4 Å². The molecule has 7 aromatic rings. The van der Waals surface area contributed by atoms with Gasteiger partial charge in [-0.2, -0.15) is 5.10 Å². The van der Waals surface area contributed by atoms with Gasteiger partial charge < -0.3 is 20.2 Å². The van der Waals surface area contributed by atoms with E-state index in [0.717, 1.165) is 15.7 Å². The number of carbonyl (C=O) groups excluding carboxylic acids is 1. The summed E-state index contributed by atoms with van der Waals surface area (Å²) in [5, 5.41) is 7.57. The first kappa shape index (κ1) is 30.8. The summed E-state index contributed by atoms with van der Waals surface area (Å²) in [6.45, 7) is 3.56. The molecule has 14 nitrogen and oxygen atoms in total. The Kier molecular flexibility index (Phi) is 7.80. The molecule has 244 valence electrons. The molecule has 0 aliphatic heterocycles. The molecule has 0 spiro atoms. The fourth-order valence-electron chi connectivity index (χ4n) is 5.40. The lowest BCUT2D eigenvalue weighted by Gasteiger charge is -2.15. The minimum absolute atomic E-state index is 0.117. The van der Waals surface area contributed by atoms with Crippen molar-refractivity contribution in [1.82, 2.24) is 33.9 Å². The summed E-state index contributed by atoms with van der Waals surface area (Å²) in [4.78, 5) is 52.9. The van der Waals surface area contributed by atoms with E-state index in [1.165, 1.54) is 29.4 Å². The Morgan fingerprint density at radius 2 is 1.78 bits per heavy atom. The smallest absolute Gasteiger partial charge is 0.337 e. The number of ether oxygens (including phenoxy) is 1. The zero-order valence-electron chi connectivity index (χ0n) is 26.6. The number of benzene rings is 2. The summed E-state index contributed by atoms with van der Waals surface area (Å²) in [5.74, 6) is 0.605. The Hall–Kier alpha value is -6.83. The molecule has 5 heterocycles. The Morgan fingerprint density at radius 3 is 2.47 bits per heavy atom. The van der Waals surface area contributed by atoms with Crippen molar-refractivity contribution in [1.29, 1.82) is 0 Å². The number of nitrogens with one attached hydrogen (secondary N) is 1. The number of nitrogen functional groups attached to an aromatic ring is 1. The first-order valence-corrected chi connectivity index (χ1v) is 15.2. The van der Waals surface area contributed by atoms with Crippen molar-refractivity contribution in [3.05, 3.63) is 124 Å². The lowest BCUT2D eigenvalue weighted by atomic mass is 10.0. The molecule has 0 bridgehead atoms. The summed E-state index contributed by atoms with van der Waals surface area (Å²) in [5.41, 5.74) is 8.01. The number of amides is 1. The van der Waals surface area contributed by atoms with Gasteiger partial charge in [-0.15, -0.1) is 0 Å². The first-order valence-electron chi connectivity index (χ1n) is 15.2. The average Bonchev–Trinajstić information content (AvgIpc) is 3.70. The number of nitrogens with two attached hydrogens (primary N) is 1. The second-order valence-corrected chi connectivity index (χ2v) is 11.4. The van der Waals surface area contributed by atoms with E-state index in [2.05, 4.69) is 25.4 Å². The van der Waals surface area contributed by atoms with Crippen LogP contribution < -0.4 is 27.0 Å². The fraction of sp³-hybridized carbons (Fsp3) is 0.114. The Labute approximate surface area is 278 Å². The van der Waals surface area contributed by atoms with Gasteiger partial charge in [-0.3, -0.25) is 18.8 Å². The molecule has 5 aromatic heterocycles. The topological polar surface area (TPSA) is 178 Å². The predicted molar refractivity (Wildman–Crippen MR) is 183 cm³/mol. The third-order valence-corrected chi connectivity index (χ3v) is 7.72. The predicted octanol–water partition coefficient (Wildman–Crippen LogP) is 5.21. The van der Waals surface area contributed by atoms with Crippen LogP contribution in [-0.2, 0) is 7.05 Å². The number of nitrogens with zero attached hydrogens (tertiary/aromatic N) is 7. The third kappa shape index (κ3) is 5.82. The van der Waals surface area contributed by atoms with E-state index in [-0.39, 0.29) is 23.3 Å². The molecule has 0 aliphatic rings. The van der Waals surface area contributed by atoms with Crippen LogP contribution in [0.1, 0.15) is 30.2 Å². The average molecular weight is 656 g/mol. The van der Waals surface area contributed by atoms with Gasteiger partial charge in [-0.1, -0.05) is 18.2 Å². The highest BCUT2D eigenvalue weighted by Gasteiger charge is 2.25. The van der Waals surface area contributed by atoms with Crippen LogP contribution in [0, 0.1) is 0 Å². The number of aryl methyl sites for hydroxylation is 1. The van der Waals surface area contributed by atoms with E-state index in [4.69, 9.17) is 14.9 Å². The minimum Gasteiger partial charge on any atom is -0.438 e. The second kappa shape index (κ2) is 12.4. The maximum Gasteiger partial charge on any atom is 0.337 e. The van der Waals surface area contributed by atoms with Gasteiger partial charge in [0.2, 0.25) is 11.6 Å². The molecule has 1 amide bonds. The van der Waals surface area contributed by atoms with Gasteiger partial charge in [0.25, 0.3) is 11.5 Å². The van der Waals surface area contributed by atoms with Crippen molar-refractivity contribution in [3.8, 4) is 39.9 Å². The highest BCUT2D eigenvalue weighted by atomic mass is 16.5. The molecule has 0 fully saturated rings. The van der Waals surface area contributed by atoms with Gasteiger partial charge in [0.05, 0.1) is 11.8 Å². The highest BCUT2D eigenvalue weighted by molar-refractivity contribution is 6.04. The second-order valence-electron chi connectivity index (χ2n) is 11.4. The number of hydrogen-bond donors (Lipinski definition) is 2. The lowest BCUT2D eigenvalue weighted by molar-refractivity contribution is 0.102. The molecule has 0 unspecified atom stereocenters. The number of fused-ring (bicyclic) bond motifs is 1. The largest absolute Gasteiger partial charge is 0.438 e. The normalized spacial score (nSPS) is 11.3. The number of carbonyl (C=O) groups is 1. The molecule has 2 aromatic carbocycles. The van der Waals surface area contributed by atoms with Crippen molar-refractivity contribution in [2.45, 2.75) is 19.9 Å². The number of hydrogen-bond acceptors (Lipinski definition) is 10. The lowest BCUT2D eigenvalue weighted by Crippen LogP contribution is -2.43. The Balaban J connectivity index is 1.21. The van der Waals surface area contributed by atoms with Gasteiger partial charge >= 0.3 is 5.69 Å². The minimum atomic E-state index is -0.785. The molecule has 0 radical (unpaired) electrons. The maximum absolute atomic E-state index is 13.4. The molecule has 0 aliphatic carbocycles. The summed E-state index contributed by atoms with van der Waals surface area (Å²) in [7, 11) is 1.81. The number of pyridine rings is 1. The SMILES string of the molecule is CC(C)n1cc(C(=O)Nc2ccc(Oc3ncnc4oc(-c5cnn(C)c5)c(-c5cccc(N)c5)c34)cc2)c(=O)n(-c2ccccn2)c1=O. The molecule has 49 heavy (non-hydrogen) atoms. The van der Waals surface area contributed by atoms with E-state index in [1.54, 1.807) is 67.2 Å². The summed E-state index contributed by atoms with van der Waals surface area (Å²) in [6.07, 6.45) is 7.61. The molecule has 0 saturated heterocycles. The highest BCUT2D eigenvalue weighted by Crippen LogP contribution is 2.44. The van der Waals surface area contributed by atoms with Gasteiger partial charge in [0.1, 0.15) is 34.6 Å². The monoisotopic (exact) mass is 655 g/mol. The van der Waals surface area contributed by atoms with Crippen LogP contribution in [0.15, 0.2) is 112 Å². The first-order chi connectivity index (χ1) is 23.7. The molecule has 14 heteroatoms. The van der Waals surface area contributed by atoms with E-state index in [1.807, 2.05) is 31.4 Å². The Morgan fingerprint density at radius 1 is 0.959 bits per heavy atom. The van der Waals surface area contributed by atoms with Gasteiger partial charge in [-0.25, -0.2) is 24.3 Å². The number of rotatable bonds is 8. The van der Waals surface area contributed by atoms with Crippen LogP contribution in [-0.4, -0.2) is 39.8 Å². The van der Waals surface area contributed by atoms with E-state index >= 15 is 0 Å². The number of anilines is 2. The molecular formula is C35H29N9O5. The van der Waals surface area contributed by atoms with Crippen molar-refractivity contribution < 1.29 is 13.9 Å². The molecule has 0 atom stereocenters. The quantitative estimate of drug-likeness (QED) is 0.207. The Bertz CT molecular complexity index is 2460. The van der Waals surface area contributed by atoms with Gasteiger partial charge in [-0.05, 0) is 67.9 Å². The van der Waals surface area contributed by atoms with Gasteiger partial charge in [0.15, 0.2) is 0 Å². The maximum atomic E-state index is 13.4. The molecule has 7 rings (SSSR count). The number of furan rings is 1. The third-order valence-electron chi connectivity index (χ3n) is 7.72. The van der Waals surface area contributed by atoms with E-state index < -0.39 is 17.2 Å². The molecule has 0 saturated carbocycles. The van der Waals surface area contributed by atoms with Crippen molar-refractivity contribution in [3.63, 3.8) is 0 Å². The number of aromatic nitrogens is 7. The van der Waals surface area contributed by atoms with Crippen LogP contribution in [0.25, 0.3) is 39.4 Å².